The number of hydrogen-bond acceptors (Lipinski definition) is 8. The van der Waals surface area contributed by atoms with Gasteiger partial charge < -0.3 is 34.6 Å². The van der Waals surface area contributed by atoms with Crippen molar-refractivity contribution in [2.75, 3.05) is 0 Å². The Bertz CT molecular complexity index is 654. The number of carbonyl (C=O) groups is 2. The molecule has 0 saturated carbocycles. The first-order valence-electron chi connectivity index (χ1n) is 14.1. The Morgan fingerprint density at radius 3 is 2.14 bits per heavy atom. The first-order chi connectivity index (χ1) is 17.7. The molecule has 1 rings (SSSR count). The highest BCUT2D eigenvalue weighted by Gasteiger charge is 2.43. The second kappa shape index (κ2) is 19.5. The number of hydrogen-bond donors (Lipinski definition) is 4. The summed E-state index contributed by atoms with van der Waals surface area (Å²) < 4.78 is 16.9. The van der Waals surface area contributed by atoms with Crippen LogP contribution in [0, 0.1) is 0 Å². The highest BCUT2D eigenvalue weighted by Crippen LogP contribution is 2.25. The number of carboxylic acids is 1. The molecule has 0 amide bonds. The minimum atomic E-state index is -1.48. The maximum atomic E-state index is 12.8. The quantitative estimate of drug-likeness (QED) is 0.103. The van der Waals surface area contributed by atoms with Gasteiger partial charge >= 0.3 is 11.9 Å². The number of aliphatic hydroxyl groups is 3. The third-order valence-electron chi connectivity index (χ3n) is 6.65. The summed E-state index contributed by atoms with van der Waals surface area (Å²) in [7, 11) is 0. The molecule has 9 heteroatoms. The fourth-order valence-corrected chi connectivity index (χ4v) is 4.34. The second-order valence-corrected chi connectivity index (χ2v) is 10.1. The van der Waals surface area contributed by atoms with Gasteiger partial charge in [-0.25, -0.2) is 0 Å². The van der Waals surface area contributed by atoms with Crippen molar-refractivity contribution in [2.24, 2.45) is 0 Å². The topological polar surface area (TPSA) is 143 Å². The number of carbonyl (C=O) groups excluding carboxylic acids is 1. The van der Waals surface area contributed by atoms with Crippen LogP contribution in [0.4, 0.5) is 0 Å². The molecule has 0 aromatic heterocycles. The van der Waals surface area contributed by atoms with Crippen LogP contribution in [0.25, 0.3) is 0 Å². The molecule has 1 aliphatic rings. The van der Waals surface area contributed by atoms with Gasteiger partial charge in [0.2, 0.25) is 0 Å². The molecule has 7 atom stereocenters. The van der Waals surface area contributed by atoms with Crippen LogP contribution in [-0.4, -0.2) is 75.3 Å². The van der Waals surface area contributed by atoms with E-state index in [4.69, 9.17) is 14.2 Å². The van der Waals surface area contributed by atoms with Gasteiger partial charge in [-0.2, -0.15) is 0 Å². The van der Waals surface area contributed by atoms with Gasteiger partial charge in [-0.3, -0.25) is 9.59 Å². The number of unbranched alkanes of at least 4 members (excludes halogenated alkanes) is 8. The lowest BCUT2D eigenvalue weighted by Crippen LogP contribution is -2.58. The van der Waals surface area contributed by atoms with Crippen LogP contribution in [0.1, 0.15) is 111 Å². The Morgan fingerprint density at radius 1 is 0.838 bits per heavy atom. The average Bonchev–Trinajstić information content (AvgIpc) is 2.84. The zero-order chi connectivity index (χ0) is 27.6. The van der Waals surface area contributed by atoms with Crippen LogP contribution in [0.5, 0.6) is 0 Å². The number of ether oxygens (including phenoxy) is 3. The van der Waals surface area contributed by atoms with E-state index in [-0.39, 0.29) is 12.8 Å². The highest BCUT2D eigenvalue weighted by atomic mass is 16.7. The molecule has 0 radical (unpaired) electrons. The van der Waals surface area contributed by atoms with Crippen molar-refractivity contribution in [2.45, 2.75) is 154 Å². The Labute approximate surface area is 222 Å². The van der Waals surface area contributed by atoms with E-state index < -0.39 is 54.9 Å². The van der Waals surface area contributed by atoms with Crippen molar-refractivity contribution in [1.29, 1.82) is 0 Å². The van der Waals surface area contributed by atoms with Gasteiger partial charge in [-0.15, -0.1) is 0 Å². The third kappa shape index (κ3) is 14.3. The van der Waals surface area contributed by atoms with Crippen molar-refractivity contribution >= 4 is 11.9 Å². The molecular weight excluding hydrogens is 480 g/mol. The molecule has 0 spiro atoms. The van der Waals surface area contributed by atoms with Gasteiger partial charge in [0.1, 0.15) is 24.4 Å². The first kappa shape index (κ1) is 33.5. The third-order valence-corrected chi connectivity index (χ3v) is 6.65. The maximum absolute atomic E-state index is 12.8. The van der Waals surface area contributed by atoms with Gasteiger partial charge in [0.05, 0.1) is 25.0 Å². The molecule has 0 aromatic carbocycles. The molecule has 2 unspecified atom stereocenters. The number of esters is 1. The van der Waals surface area contributed by atoms with Crippen molar-refractivity contribution in [1.82, 2.24) is 0 Å². The number of aliphatic hydroxyl groups excluding tert-OH is 3. The monoisotopic (exact) mass is 530 g/mol. The summed E-state index contributed by atoms with van der Waals surface area (Å²) in [6.07, 6.45) is 7.28. The summed E-state index contributed by atoms with van der Waals surface area (Å²) in [5.41, 5.74) is 0. The molecule has 4 N–H and O–H groups in total. The minimum absolute atomic E-state index is 0.162. The van der Waals surface area contributed by atoms with E-state index in [1.54, 1.807) is 6.92 Å². The Balaban J connectivity index is 2.71. The summed E-state index contributed by atoms with van der Waals surface area (Å²) in [6.45, 7) is 5.82. The van der Waals surface area contributed by atoms with Crippen molar-refractivity contribution in [3.63, 3.8) is 0 Å². The average molecular weight is 531 g/mol. The Kier molecular flexibility index (Phi) is 17.7. The van der Waals surface area contributed by atoms with E-state index in [2.05, 4.69) is 13.8 Å². The molecule has 216 valence electrons. The van der Waals surface area contributed by atoms with E-state index in [1.807, 2.05) is 12.2 Å². The van der Waals surface area contributed by atoms with Crippen LogP contribution < -0.4 is 0 Å². The molecule has 1 saturated heterocycles. The van der Waals surface area contributed by atoms with E-state index in [9.17, 15) is 30.0 Å². The van der Waals surface area contributed by atoms with Crippen LogP contribution in [-0.2, 0) is 23.8 Å². The lowest BCUT2D eigenvalue weighted by Gasteiger charge is -2.40. The predicted octanol–water partition coefficient (Wildman–Crippen LogP) is 4.25. The molecule has 9 nitrogen and oxygen atoms in total. The lowest BCUT2D eigenvalue weighted by atomic mass is 10.00. The molecule has 0 bridgehead atoms. The normalized spacial score (nSPS) is 25.7. The Morgan fingerprint density at radius 2 is 1.49 bits per heavy atom. The fourth-order valence-electron chi connectivity index (χ4n) is 4.34. The summed E-state index contributed by atoms with van der Waals surface area (Å²) in [4.78, 5) is 24.1. The summed E-state index contributed by atoms with van der Waals surface area (Å²) >= 11 is 0. The van der Waals surface area contributed by atoms with Gasteiger partial charge in [0.25, 0.3) is 0 Å². The Hall–Kier alpha value is -1.52. The standard InChI is InChI=1S/C28H50O9/c1-4-6-8-10-11-13-15-16-21(18-23(29)30)36-24(31)19-22(17-14-12-9-7-5-2)37-28-27(34)26(33)25(32)20(3)35-28/h12,14,20-22,25-28,32-34H,4-11,13,15-19H2,1-3H3,(H,29,30)/b14-12+/t20-,21?,22?,25-,26+,27+,28-/m0/s1. The molecule has 1 fully saturated rings. The summed E-state index contributed by atoms with van der Waals surface area (Å²) in [6, 6.07) is 0. The van der Waals surface area contributed by atoms with Crippen LogP contribution in [0.3, 0.4) is 0 Å². The summed E-state index contributed by atoms with van der Waals surface area (Å²) in [5, 5.41) is 39.6. The molecular formula is C28H50O9. The SMILES string of the molecule is CCCC/C=C/CC(CC(=O)OC(CCCCCCCCC)CC(=O)O)O[C@@H]1O[C@@H](C)[C@H](O)[C@@H](O)[C@H]1O. The first-order valence-corrected chi connectivity index (χ1v) is 14.1. The van der Waals surface area contributed by atoms with E-state index in [0.717, 1.165) is 44.9 Å². The molecule has 1 aliphatic heterocycles. The number of rotatable bonds is 20. The van der Waals surface area contributed by atoms with Gasteiger partial charge in [0.15, 0.2) is 6.29 Å². The zero-order valence-electron chi connectivity index (χ0n) is 22.9. The fraction of sp³-hybridized carbons (Fsp3) is 0.857. The number of allylic oxidation sites excluding steroid dienone is 1. The predicted molar refractivity (Wildman–Crippen MR) is 140 cm³/mol. The van der Waals surface area contributed by atoms with Crippen molar-refractivity contribution in [3.05, 3.63) is 12.2 Å². The van der Waals surface area contributed by atoms with Crippen LogP contribution >= 0.6 is 0 Å². The maximum Gasteiger partial charge on any atom is 0.308 e. The molecule has 1 heterocycles. The lowest BCUT2D eigenvalue weighted by molar-refractivity contribution is -0.304. The smallest absolute Gasteiger partial charge is 0.308 e. The molecule has 0 aliphatic carbocycles. The number of aliphatic carboxylic acids is 1. The van der Waals surface area contributed by atoms with Crippen LogP contribution in [0.2, 0.25) is 0 Å². The second-order valence-electron chi connectivity index (χ2n) is 10.1. The van der Waals surface area contributed by atoms with Crippen molar-refractivity contribution in [3.8, 4) is 0 Å². The van der Waals surface area contributed by atoms with Gasteiger partial charge in [0, 0.05) is 0 Å². The zero-order valence-corrected chi connectivity index (χ0v) is 22.9. The summed E-state index contributed by atoms with van der Waals surface area (Å²) in [5.74, 6) is -1.60. The van der Waals surface area contributed by atoms with Crippen molar-refractivity contribution < 1.29 is 44.2 Å². The number of carboxylic acid groups (broad SMARTS) is 1. The van der Waals surface area contributed by atoms with E-state index in [0.29, 0.717) is 12.8 Å². The van der Waals surface area contributed by atoms with E-state index >= 15 is 0 Å². The van der Waals surface area contributed by atoms with Gasteiger partial charge in [-0.05, 0) is 32.6 Å². The van der Waals surface area contributed by atoms with Crippen LogP contribution in [0.15, 0.2) is 12.2 Å². The molecule has 0 aromatic rings. The largest absolute Gasteiger partial charge is 0.481 e. The minimum Gasteiger partial charge on any atom is -0.481 e. The van der Waals surface area contributed by atoms with Gasteiger partial charge in [-0.1, -0.05) is 77.4 Å². The highest BCUT2D eigenvalue weighted by molar-refractivity contribution is 5.72. The van der Waals surface area contributed by atoms with E-state index in [1.165, 1.54) is 19.3 Å². The molecule has 37 heavy (non-hydrogen) atoms.